The predicted molar refractivity (Wildman–Crippen MR) is 87.0 cm³/mol. The average Bonchev–Trinajstić information content (AvgIpc) is 2.47. The molecule has 0 saturated heterocycles. The SMILES string of the molecule is CCNc1cc(Nc2cccc3c2CCCC3)nc(N)n1. The Morgan fingerprint density at radius 3 is 2.81 bits per heavy atom. The molecule has 3 rings (SSSR count). The van der Waals surface area contributed by atoms with Gasteiger partial charge in [-0.2, -0.15) is 9.97 Å². The molecule has 0 saturated carbocycles. The Balaban J connectivity index is 1.90. The van der Waals surface area contributed by atoms with Crippen molar-refractivity contribution in [3.63, 3.8) is 0 Å². The highest BCUT2D eigenvalue weighted by Crippen LogP contribution is 2.30. The second kappa shape index (κ2) is 5.99. The van der Waals surface area contributed by atoms with Gasteiger partial charge in [0, 0.05) is 18.3 Å². The molecule has 1 aliphatic rings. The van der Waals surface area contributed by atoms with Crippen LogP contribution < -0.4 is 16.4 Å². The van der Waals surface area contributed by atoms with Gasteiger partial charge >= 0.3 is 0 Å². The summed E-state index contributed by atoms with van der Waals surface area (Å²) in [5.74, 6) is 1.76. The molecule has 1 aromatic heterocycles. The number of aryl methyl sites for hydroxylation is 1. The maximum atomic E-state index is 5.78. The number of aromatic nitrogens is 2. The second-order valence-electron chi connectivity index (χ2n) is 5.30. The smallest absolute Gasteiger partial charge is 0.223 e. The minimum absolute atomic E-state index is 0.278. The minimum atomic E-state index is 0.278. The van der Waals surface area contributed by atoms with Gasteiger partial charge in [0.1, 0.15) is 11.6 Å². The zero-order valence-electron chi connectivity index (χ0n) is 12.3. The van der Waals surface area contributed by atoms with Crippen molar-refractivity contribution in [1.82, 2.24) is 9.97 Å². The molecule has 5 nitrogen and oxygen atoms in total. The van der Waals surface area contributed by atoms with Gasteiger partial charge in [0.05, 0.1) is 0 Å². The van der Waals surface area contributed by atoms with Crippen LogP contribution in [0.3, 0.4) is 0 Å². The highest BCUT2D eigenvalue weighted by atomic mass is 15.1. The number of nitrogens with two attached hydrogens (primary N) is 1. The topological polar surface area (TPSA) is 75.9 Å². The first-order valence-electron chi connectivity index (χ1n) is 7.52. The first-order chi connectivity index (χ1) is 10.3. The lowest BCUT2D eigenvalue weighted by atomic mass is 9.90. The normalized spacial score (nSPS) is 13.6. The Morgan fingerprint density at radius 2 is 1.95 bits per heavy atom. The van der Waals surface area contributed by atoms with E-state index in [1.807, 2.05) is 13.0 Å². The zero-order chi connectivity index (χ0) is 14.7. The summed E-state index contributed by atoms with van der Waals surface area (Å²) < 4.78 is 0. The molecule has 2 aromatic rings. The zero-order valence-corrected chi connectivity index (χ0v) is 12.3. The maximum Gasteiger partial charge on any atom is 0.223 e. The van der Waals surface area contributed by atoms with Gasteiger partial charge in [-0.25, -0.2) is 0 Å². The van der Waals surface area contributed by atoms with Gasteiger partial charge in [-0.05, 0) is 49.8 Å². The lowest BCUT2D eigenvalue weighted by Crippen LogP contribution is -2.08. The number of benzene rings is 1. The van der Waals surface area contributed by atoms with E-state index in [0.29, 0.717) is 0 Å². The third kappa shape index (κ3) is 3.07. The summed E-state index contributed by atoms with van der Waals surface area (Å²) in [6.07, 6.45) is 4.82. The van der Waals surface area contributed by atoms with Gasteiger partial charge in [0.25, 0.3) is 0 Å². The average molecular weight is 283 g/mol. The molecule has 1 heterocycles. The molecular formula is C16H21N5. The standard InChI is InChI=1S/C16H21N5/c1-2-18-14-10-15(21-16(17)20-14)19-13-9-5-7-11-6-3-4-8-12(11)13/h5,7,9-10H,2-4,6,8H2,1H3,(H4,17,18,19,20,21). The van der Waals surface area contributed by atoms with Crippen LogP contribution in [-0.2, 0) is 12.8 Å². The van der Waals surface area contributed by atoms with Crippen molar-refractivity contribution >= 4 is 23.3 Å². The van der Waals surface area contributed by atoms with Crippen LogP contribution in [0.5, 0.6) is 0 Å². The number of nitrogens with one attached hydrogen (secondary N) is 2. The molecule has 1 aliphatic carbocycles. The Labute approximate surface area is 125 Å². The summed E-state index contributed by atoms with van der Waals surface area (Å²) in [6.45, 7) is 2.83. The van der Waals surface area contributed by atoms with Crippen molar-refractivity contribution in [2.24, 2.45) is 0 Å². The van der Waals surface area contributed by atoms with Gasteiger partial charge in [-0.3, -0.25) is 0 Å². The number of hydrogen-bond donors (Lipinski definition) is 3. The van der Waals surface area contributed by atoms with Crippen LogP contribution in [0.25, 0.3) is 0 Å². The highest BCUT2D eigenvalue weighted by Gasteiger charge is 2.13. The maximum absolute atomic E-state index is 5.78. The predicted octanol–water partition coefficient (Wildman–Crippen LogP) is 3.11. The Hall–Kier alpha value is -2.30. The van der Waals surface area contributed by atoms with Gasteiger partial charge in [0.15, 0.2) is 0 Å². The molecule has 0 atom stereocenters. The van der Waals surface area contributed by atoms with Gasteiger partial charge in [-0.1, -0.05) is 12.1 Å². The molecule has 5 heteroatoms. The number of hydrogen-bond acceptors (Lipinski definition) is 5. The molecular weight excluding hydrogens is 262 g/mol. The fourth-order valence-corrected chi connectivity index (χ4v) is 2.84. The van der Waals surface area contributed by atoms with E-state index in [4.69, 9.17) is 5.73 Å². The molecule has 0 bridgehead atoms. The van der Waals surface area contributed by atoms with Gasteiger partial charge in [-0.15, -0.1) is 0 Å². The van der Waals surface area contributed by atoms with Crippen LogP contribution in [0, 0.1) is 0 Å². The third-order valence-electron chi connectivity index (χ3n) is 3.76. The quantitative estimate of drug-likeness (QED) is 0.803. The number of nitrogen functional groups attached to an aromatic ring is 1. The largest absolute Gasteiger partial charge is 0.370 e. The summed E-state index contributed by atoms with van der Waals surface area (Å²) in [5, 5.41) is 6.57. The molecule has 1 aromatic carbocycles. The number of nitrogens with zero attached hydrogens (tertiary/aromatic N) is 2. The molecule has 0 unspecified atom stereocenters. The number of rotatable bonds is 4. The molecule has 0 amide bonds. The summed E-state index contributed by atoms with van der Waals surface area (Å²) in [6, 6.07) is 8.32. The Bertz CT molecular complexity index is 639. The van der Waals surface area contributed by atoms with Crippen molar-refractivity contribution in [2.75, 3.05) is 22.9 Å². The van der Waals surface area contributed by atoms with Crippen LogP contribution in [0.15, 0.2) is 24.3 Å². The lowest BCUT2D eigenvalue weighted by Gasteiger charge is -2.20. The van der Waals surface area contributed by atoms with Crippen molar-refractivity contribution in [2.45, 2.75) is 32.6 Å². The first-order valence-corrected chi connectivity index (χ1v) is 7.52. The van der Waals surface area contributed by atoms with E-state index >= 15 is 0 Å². The van der Waals surface area contributed by atoms with Crippen molar-refractivity contribution in [3.05, 3.63) is 35.4 Å². The Kier molecular flexibility index (Phi) is 3.90. The summed E-state index contributed by atoms with van der Waals surface area (Å²) in [7, 11) is 0. The van der Waals surface area contributed by atoms with Gasteiger partial charge in [0.2, 0.25) is 5.95 Å². The van der Waals surface area contributed by atoms with Crippen LogP contribution in [-0.4, -0.2) is 16.5 Å². The molecule has 110 valence electrons. The summed E-state index contributed by atoms with van der Waals surface area (Å²) in [5.41, 5.74) is 9.76. The van der Waals surface area contributed by atoms with E-state index in [-0.39, 0.29) is 5.95 Å². The highest BCUT2D eigenvalue weighted by molar-refractivity contribution is 5.65. The molecule has 4 N–H and O–H groups in total. The monoisotopic (exact) mass is 283 g/mol. The molecule has 0 fully saturated rings. The van der Waals surface area contributed by atoms with Crippen LogP contribution in [0.4, 0.5) is 23.3 Å². The second-order valence-corrected chi connectivity index (χ2v) is 5.30. The van der Waals surface area contributed by atoms with E-state index in [2.05, 4.69) is 38.8 Å². The van der Waals surface area contributed by atoms with Crippen molar-refractivity contribution < 1.29 is 0 Å². The fourth-order valence-electron chi connectivity index (χ4n) is 2.84. The molecule has 0 aliphatic heterocycles. The fraction of sp³-hybridized carbons (Fsp3) is 0.375. The van der Waals surface area contributed by atoms with E-state index in [0.717, 1.165) is 30.3 Å². The van der Waals surface area contributed by atoms with Crippen LogP contribution >= 0.6 is 0 Å². The van der Waals surface area contributed by atoms with Crippen LogP contribution in [0.1, 0.15) is 30.9 Å². The molecule has 0 spiro atoms. The summed E-state index contributed by atoms with van der Waals surface area (Å²) >= 11 is 0. The Morgan fingerprint density at radius 1 is 1.14 bits per heavy atom. The minimum Gasteiger partial charge on any atom is -0.370 e. The molecule has 0 radical (unpaired) electrons. The third-order valence-corrected chi connectivity index (χ3v) is 3.76. The van der Waals surface area contributed by atoms with Crippen molar-refractivity contribution in [1.29, 1.82) is 0 Å². The molecule has 21 heavy (non-hydrogen) atoms. The van der Waals surface area contributed by atoms with E-state index in [1.165, 1.54) is 30.4 Å². The van der Waals surface area contributed by atoms with Crippen LogP contribution in [0.2, 0.25) is 0 Å². The van der Waals surface area contributed by atoms with E-state index in [9.17, 15) is 0 Å². The first kappa shape index (κ1) is 13.7. The van der Waals surface area contributed by atoms with Gasteiger partial charge < -0.3 is 16.4 Å². The lowest BCUT2D eigenvalue weighted by molar-refractivity contribution is 0.687. The number of fused-ring (bicyclic) bond motifs is 1. The van der Waals surface area contributed by atoms with E-state index in [1.54, 1.807) is 0 Å². The number of anilines is 4. The van der Waals surface area contributed by atoms with E-state index < -0.39 is 0 Å². The summed E-state index contributed by atoms with van der Waals surface area (Å²) in [4.78, 5) is 8.44. The van der Waals surface area contributed by atoms with Crippen molar-refractivity contribution in [3.8, 4) is 0 Å².